The van der Waals surface area contributed by atoms with E-state index in [1.807, 2.05) is 24.3 Å². The first-order valence-corrected chi connectivity index (χ1v) is 11.8. The van der Waals surface area contributed by atoms with E-state index in [-0.39, 0.29) is 18.1 Å². The number of amides is 3. The minimum atomic E-state index is -1.47. The molecule has 0 saturated carbocycles. The Morgan fingerprint density at radius 3 is 2.20 bits per heavy atom. The summed E-state index contributed by atoms with van der Waals surface area (Å²) in [7, 11) is 0. The summed E-state index contributed by atoms with van der Waals surface area (Å²) in [5.41, 5.74) is 7.55. The fourth-order valence-electron chi connectivity index (χ4n) is 3.41. The predicted molar refractivity (Wildman–Crippen MR) is 134 cm³/mol. The van der Waals surface area contributed by atoms with Crippen molar-refractivity contribution in [3.63, 3.8) is 0 Å². The fourth-order valence-corrected chi connectivity index (χ4v) is 3.65. The highest BCUT2D eigenvalue weighted by Gasteiger charge is 2.33. The molecule has 0 aliphatic carbocycles. The van der Waals surface area contributed by atoms with E-state index in [2.05, 4.69) is 33.6 Å². The van der Waals surface area contributed by atoms with Crippen LogP contribution in [0.1, 0.15) is 26.3 Å². The summed E-state index contributed by atoms with van der Waals surface area (Å²) >= 11 is 3.90. The van der Waals surface area contributed by atoms with Gasteiger partial charge in [0.2, 0.25) is 17.7 Å². The topological polar surface area (TPSA) is 187 Å². The van der Waals surface area contributed by atoms with E-state index in [1.165, 1.54) is 6.92 Å². The van der Waals surface area contributed by atoms with E-state index in [0.717, 1.165) is 16.5 Å². The van der Waals surface area contributed by atoms with Crippen LogP contribution in [0.15, 0.2) is 30.5 Å². The summed E-state index contributed by atoms with van der Waals surface area (Å²) in [6.45, 7) is 4.82. The highest BCUT2D eigenvalue weighted by molar-refractivity contribution is 7.80. The number of fused-ring (bicyclic) bond motifs is 1. The van der Waals surface area contributed by atoms with E-state index in [1.54, 1.807) is 20.0 Å². The van der Waals surface area contributed by atoms with Crippen molar-refractivity contribution in [2.24, 2.45) is 11.7 Å². The second-order valence-corrected chi connectivity index (χ2v) is 9.07. The van der Waals surface area contributed by atoms with Gasteiger partial charge in [-0.1, -0.05) is 32.0 Å². The predicted octanol–water partition coefficient (Wildman–Crippen LogP) is -0.457. The van der Waals surface area contributed by atoms with Crippen molar-refractivity contribution in [2.75, 3.05) is 5.75 Å². The molecule has 11 nitrogen and oxygen atoms in total. The molecule has 192 valence electrons. The van der Waals surface area contributed by atoms with E-state index >= 15 is 0 Å². The average Bonchev–Trinajstić information content (AvgIpc) is 3.21. The van der Waals surface area contributed by atoms with Gasteiger partial charge in [-0.3, -0.25) is 14.4 Å². The Bertz CT molecular complexity index is 1060. The van der Waals surface area contributed by atoms with Crippen LogP contribution in [0.5, 0.6) is 0 Å². The normalized spacial score (nSPS) is 15.6. The van der Waals surface area contributed by atoms with Crippen LogP contribution in [0.4, 0.5) is 0 Å². The quantitative estimate of drug-likeness (QED) is 0.179. The number of thiol groups is 1. The molecule has 0 spiro atoms. The van der Waals surface area contributed by atoms with Crippen LogP contribution in [0, 0.1) is 5.92 Å². The second-order valence-electron chi connectivity index (χ2n) is 8.70. The molecule has 3 amide bonds. The van der Waals surface area contributed by atoms with Crippen molar-refractivity contribution in [3.05, 3.63) is 36.0 Å². The number of aliphatic carboxylic acids is 1. The SMILES string of the molecule is CC(C)C(N)C(=O)NC(Cc1c[nH]c2ccccc12)C(=O)NC(C(=O)NC(CS)C(=O)O)C(C)O. The second kappa shape index (κ2) is 12.6. The molecule has 1 aromatic carbocycles. The maximum atomic E-state index is 13.2. The molecule has 2 aromatic rings. The van der Waals surface area contributed by atoms with Gasteiger partial charge in [-0.15, -0.1) is 0 Å². The number of aromatic amines is 1. The summed E-state index contributed by atoms with van der Waals surface area (Å²) in [6, 6.07) is 2.67. The Hall–Kier alpha value is -3.09. The molecule has 1 heterocycles. The number of benzene rings is 1. The fraction of sp³-hybridized carbons (Fsp3) is 0.478. The standard InChI is InChI=1S/C23H33N5O6S/c1-11(2)18(24)21(31)26-16(8-13-9-25-15-7-5-4-6-14(13)15)20(30)28-19(12(3)29)22(32)27-17(10-35)23(33)34/h4-7,9,11-12,16-19,25,29,35H,8,10,24H2,1-3H3,(H,26,31)(H,27,32)(H,28,30)(H,33,34). The molecule has 0 fully saturated rings. The van der Waals surface area contributed by atoms with Gasteiger partial charge in [0.15, 0.2) is 0 Å². The number of rotatable bonds is 12. The van der Waals surface area contributed by atoms with Crippen LogP contribution < -0.4 is 21.7 Å². The van der Waals surface area contributed by atoms with Gasteiger partial charge in [0, 0.05) is 29.3 Å². The molecule has 5 unspecified atom stereocenters. The Morgan fingerprint density at radius 1 is 1.00 bits per heavy atom. The molecule has 0 saturated heterocycles. The molecule has 2 rings (SSSR count). The number of aliphatic hydroxyl groups excluding tert-OH is 1. The summed E-state index contributed by atoms with van der Waals surface area (Å²) in [5, 5.41) is 27.5. The summed E-state index contributed by atoms with van der Waals surface area (Å²) in [4.78, 5) is 52.9. The maximum absolute atomic E-state index is 13.2. The maximum Gasteiger partial charge on any atom is 0.327 e. The molecular weight excluding hydrogens is 474 g/mol. The van der Waals surface area contributed by atoms with Gasteiger partial charge in [0.1, 0.15) is 18.1 Å². The first kappa shape index (κ1) is 28.1. The van der Waals surface area contributed by atoms with E-state index in [0.29, 0.717) is 0 Å². The van der Waals surface area contributed by atoms with Crippen LogP contribution in [0.2, 0.25) is 0 Å². The Kier molecular flexibility index (Phi) is 10.1. The number of carbonyl (C=O) groups is 4. The zero-order valence-electron chi connectivity index (χ0n) is 19.8. The Balaban J connectivity index is 2.29. The molecule has 0 radical (unpaired) electrons. The third-order valence-electron chi connectivity index (χ3n) is 5.61. The van der Waals surface area contributed by atoms with Crippen molar-refractivity contribution in [1.82, 2.24) is 20.9 Å². The Labute approximate surface area is 208 Å². The molecule has 0 bridgehead atoms. The van der Waals surface area contributed by atoms with Crippen molar-refractivity contribution in [2.45, 2.75) is 57.5 Å². The lowest BCUT2D eigenvalue weighted by atomic mass is 10.0. The highest BCUT2D eigenvalue weighted by atomic mass is 32.1. The van der Waals surface area contributed by atoms with E-state index in [4.69, 9.17) is 10.8 Å². The lowest BCUT2D eigenvalue weighted by molar-refractivity contribution is -0.142. The van der Waals surface area contributed by atoms with E-state index < -0.39 is 54.0 Å². The number of carboxylic acids is 1. The monoisotopic (exact) mass is 507 g/mol. The number of carbonyl (C=O) groups excluding carboxylic acids is 3. The largest absolute Gasteiger partial charge is 0.480 e. The smallest absolute Gasteiger partial charge is 0.327 e. The van der Waals surface area contributed by atoms with Crippen molar-refractivity contribution < 1.29 is 29.4 Å². The molecule has 12 heteroatoms. The Morgan fingerprint density at radius 2 is 1.63 bits per heavy atom. The van der Waals surface area contributed by atoms with Crippen molar-refractivity contribution >= 4 is 47.2 Å². The van der Waals surface area contributed by atoms with Crippen LogP contribution in [0.3, 0.4) is 0 Å². The average molecular weight is 508 g/mol. The summed E-state index contributed by atoms with van der Waals surface area (Å²) in [5.74, 6) is -3.86. The van der Waals surface area contributed by atoms with Gasteiger partial charge in [0.25, 0.3) is 0 Å². The number of nitrogens with one attached hydrogen (secondary N) is 4. The summed E-state index contributed by atoms with van der Waals surface area (Å²) in [6.07, 6.45) is 0.452. The number of aromatic nitrogens is 1. The number of carboxylic acid groups (broad SMARTS) is 1. The lowest BCUT2D eigenvalue weighted by Crippen LogP contribution is -2.60. The third-order valence-corrected chi connectivity index (χ3v) is 5.98. The molecular formula is C23H33N5O6S. The van der Waals surface area contributed by atoms with E-state index in [9.17, 15) is 24.3 Å². The van der Waals surface area contributed by atoms with Gasteiger partial charge in [-0.25, -0.2) is 4.79 Å². The molecule has 1 aromatic heterocycles. The molecule has 0 aliphatic rings. The zero-order valence-corrected chi connectivity index (χ0v) is 20.7. The van der Waals surface area contributed by atoms with Crippen LogP contribution in [-0.2, 0) is 25.6 Å². The minimum Gasteiger partial charge on any atom is -0.480 e. The van der Waals surface area contributed by atoms with Crippen molar-refractivity contribution in [3.8, 4) is 0 Å². The molecule has 5 atom stereocenters. The number of aliphatic hydroxyl groups is 1. The van der Waals surface area contributed by atoms with Crippen LogP contribution in [-0.4, -0.2) is 74.9 Å². The summed E-state index contributed by atoms with van der Waals surface area (Å²) < 4.78 is 0. The number of hydrogen-bond acceptors (Lipinski definition) is 7. The van der Waals surface area contributed by atoms with Gasteiger partial charge >= 0.3 is 5.97 Å². The van der Waals surface area contributed by atoms with Crippen molar-refractivity contribution in [1.29, 1.82) is 0 Å². The van der Waals surface area contributed by atoms with Crippen LogP contribution >= 0.6 is 12.6 Å². The van der Waals surface area contributed by atoms with Gasteiger partial charge in [0.05, 0.1) is 12.1 Å². The lowest BCUT2D eigenvalue weighted by Gasteiger charge is -2.26. The molecule has 8 N–H and O–H groups in total. The highest BCUT2D eigenvalue weighted by Crippen LogP contribution is 2.19. The minimum absolute atomic E-state index is 0.0783. The van der Waals surface area contributed by atoms with Gasteiger partial charge in [-0.2, -0.15) is 12.6 Å². The zero-order chi connectivity index (χ0) is 26.3. The van der Waals surface area contributed by atoms with Gasteiger partial charge in [-0.05, 0) is 24.5 Å². The van der Waals surface area contributed by atoms with Gasteiger partial charge < -0.3 is 36.9 Å². The first-order chi connectivity index (χ1) is 16.5. The third kappa shape index (κ3) is 7.44. The first-order valence-electron chi connectivity index (χ1n) is 11.2. The number of hydrogen-bond donors (Lipinski definition) is 8. The number of nitrogens with two attached hydrogens (primary N) is 1. The molecule has 35 heavy (non-hydrogen) atoms. The number of para-hydroxylation sites is 1. The number of H-pyrrole nitrogens is 1. The molecule has 0 aliphatic heterocycles. The van der Waals surface area contributed by atoms with Crippen LogP contribution in [0.25, 0.3) is 10.9 Å².